The van der Waals surface area contributed by atoms with Gasteiger partial charge in [-0.25, -0.2) is 0 Å². The first-order valence-electron chi connectivity index (χ1n) is 9.49. The van der Waals surface area contributed by atoms with Gasteiger partial charge in [-0.3, -0.25) is 9.59 Å². The van der Waals surface area contributed by atoms with E-state index < -0.39 is 0 Å². The van der Waals surface area contributed by atoms with Gasteiger partial charge in [0.25, 0.3) is 11.5 Å². The Balaban J connectivity index is 1.77. The Morgan fingerprint density at radius 2 is 1.89 bits per heavy atom. The number of amides is 1. The number of carbonyl (C=O) groups is 1. The Labute approximate surface area is 163 Å². The maximum atomic E-state index is 13.1. The Bertz CT molecular complexity index is 1170. The van der Waals surface area contributed by atoms with Crippen LogP contribution in [0.15, 0.2) is 53.3 Å². The minimum atomic E-state index is -0.123. The van der Waals surface area contributed by atoms with Crippen LogP contribution in [0.5, 0.6) is 0 Å². The number of nitriles is 1. The predicted molar refractivity (Wildman–Crippen MR) is 110 cm³/mol. The van der Waals surface area contributed by atoms with E-state index in [-0.39, 0.29) is 11.5 Å². The van der Waals surface area contributed by atoms with Crippen molar-refractivity contribution in [1.82, 2.24) is 4.57 Å². The minimum absolute atomic E-state index is 0.0191. The summed E-state index contributed by atoms with van der Waals surface area (Å²) in [6, 6.07) is 16.3. The molecule has 0 N–H and O–H groups in total. The summed E-state index contributed by atoms with van der Waals surface area (Å²) in [5, 5.41) is 9.93. The van der Waals surface area contributed by atoms with E-state index in [1.165, 1.54) is 0 Å². The summed E-state index contributed by atoms with van der Waals surface area (Å²) in [4.78, 5) is 27.1. The summed E-state index contributed by atoms with van der Waals surface area (Å²) in [5.74, 6) is 0.297. The molecule has 1 saturated carbocycles. The number of fused-ring (bicyclic) bond motifs is 1. The first kappa shape index (κ1) is 18.0. The third-order valence-corrected chi connectivity index (χ3v) is 5.41. The van der Waals surface area contributed by atoms with Crippen LogP contribution in [0.1, 0.15) is 47.2 Å². The second kappa shape index (κ2) is 6.97. The Morgan fingerprint density at radius 1 is 1.18 bits per heavy atom. The van der Waals surface area contributed by atoms with Gasteiger partial charge in [-0.15, -0.1) is 0 Å². The normalized spacial score (nSPS) is 13.3. The first-order valence-corrected chi connectivity index (χ1v) is 9.49. The molecule has 2 aromatic carbocycles. The summed E-state index contributed by atoms with van der Waals surface area (Å²) in [5.41, 5.74) is 3.83. The van der Waals surface area contributed by atoms with Crippen LogP contribution >= 0.6 is 0 Å². The molecule has 1 aromatic heterocycles. The highest BCUT2D eigenvalue weighted by atomic mass is 16.2. The SMILES string of the molecule is CCn1c(=O)cc(C2CC2)c2cc(C(=O)N(C)c3ccc(C#N)cc3)ccc21. The van der Waals surface area contributed by atoms with E-state index in [1.54, 1.807) is 52.9 Å². The van der Waals surface area contributed by atoms with E-state index in [9.17, 15) is 9.59 Å². The van der Waals surface area contributed by atoms with E-state index in [0.29, 0.717) is 23.6 Å². The fourth-order valence-electron chi connectivity index (χ4n) is 3.67. The highest BCUT2D eigenvalue weighted by Crippen LogP contribution is 2.42. The topological polar surface area (TPSA) is 66.1 Å². The van der Waals surface area contributed by atoms with Gasteiger partial charge >= 0.3 is 0 Å². The molecule has 0 bridgehead atoms. The monoisotopic (exact) mass is 371 g/mol. The number of hydrogen-bond donors (Lipinski definition) is 0. The molecule has 0 aliphatic heterocycles. The van der Waals surface area contributed by atoms with E-state index in [1.807, 2.05) is 19.1 Å². The maximum absolute atomic E-state index is 13.1. The van der Waals surface area contributed by atoms with Crippen molar-refractivity contribution in [2.45, 2.75) is 32.2 Å². The first-order chi connectivity index (χ1) is 13.5. The van der Waals surface area contributed by atoms with Crippen LogP contribution in [-0.4, -0.2) is 17.5 Å². The molecule has 0 radical (unpaired) electrons. The van der Waals surface area contributed by atoms with Crippen molar-refractivity contribution in [3.8, 4) is 6.07 Å². The molecule has 5 nitrogen and oxygen atoms in total. The predicted octanol–water partition coefficient (Wildman–Crippen LogP) is 4.05. The van der Waals surface area contributed by atoms with Gasteiger partial charge in [0.05, 0.1) is 17.1 Å². The zero-order valence-corrected chi connectivity index (χ0v) is 16.0. The van der Waals surface area contributed by atoms with Crippen LogP contribution in [0.2, 0.25) is 0 Å². The average molecular weight is 371 g/mol. The van der Waals surface area contributed by atoms with Gasteiger partial charge in [0.15, 0.2) is 0 Å². The number of nitrogens with zero attached hydrogens (tertiary/aromatic N) is 3. The summed E-state index contributed by atoms with van der Waals surface area (Å²) >= 11 is 0. The second-order valence-electron chi connectivity index (χ2n) is 7.21. The lowest BCUT2D eigenvalue weighted by molar-refractivity contribution is 0.0993. The number of anilines is 1. The molecule has 3 aromatic rings. The van der Waals surface area contributed by atoms with Crippen molar-refractivity contribution < 1.29 is 4.79 Å². The average Bonchev–Trinajstić information content (AvgIpc) is 3.57. The van der Waals surface area contributed by atoms with Gasteiger partial charge in [-0.2, -0.15) is 5.26 Å². The van der Waals surface area contributed by atoms with Crippen LogP contribution in [0.4, 0.5) is 5.69 Å². The van der Waals surface area contributed by atoms with Gasteiger partial charge in [-0.05, 0) is 73.7 Å². The number of benzene rings is 2. The largest absolute Gasteiger partial charge is 0.311 e. The Hall–Kier alpha value is -3.39. The molecular formula is C23H21N3O2. The summed E-state index contributed by atoms with van der Waals surface area (Å²) in [6.45, 7) is 2.55. The van der Waals surface area contributed by atoms with Gasteiger partial charge < -0.3 is 9.47 Å². The molecule has 0 saturated heterocycles. The molecule has 5 heteroatoms. The van der Waals surface area contributed by atoms with Crippen molar-refractivity contribution in [2.75, 3.05) is 11.9 Å². The number of aryl methyl sites for hydroxylation is 1. The minimum Gasteiger partial charge on any atom is -0.311 e. The highest BCUT2D eigenvalue weighted by Gasteiger charge is 2.27. The number of pyridine rings is 1. The lowest BCUT2D eigenvalue weighted by Crippen LogP contribution is -2.26. The lowest BCUT2D eigenvalue weighted by atomic mass is 10.0. The van der Waals surface area contributed by atoms with E-state index in [2.05, 4.69) is 6.07 Å². The van der Waals surface area contributed by atoms with Gasteiger partial charge in [0.2, 0.25) is 0 Å². The number of aromatic nitrogens is 1. The zero-order chi connectivity index (χ0) is 19.8. The fourth-order valence-corrected chi connectivity index (χ4v) is 3.67. The van der Waals surface area contributed by atoms with Crippen molar-refractivity contribution in [2.24, 2.45) is 0 Å². The van der Waals surface area contributed by atoms with Crippen molar-refractivity contribution in [3.05, 3.63) is 75.6 Å². The van der Waals surface area contributed by atoms with Gasteiger partial charge in [-0.1, -0.05) is 0 Å². The Morgan fingerprint density at radius 3 is 2.50 bits per heavy atom. The summed E-state index contributed by atoms with van der Waals surface area (Å²) in [7, 11) is 1.72. The number of carbonyl (C=O) groups excluding carboxylic acids is 1. The molecule has 1 amide bonds. The molecule has 28 heavy (non-hydrogen) atoms. The standard InChI is InChI=1S/C23H21N3O2/c1-3-26-21-11-8-17(12-20(21)19(13-22(26)27)16-6-7-16)23(28)25(2)18-9-4-15(14-24)5-10-18/h4-5,8-13,16H,3,6-7H2,1-2H3. The smallest absolute Gasteiger partial charge is 0.258 e. The Kier molecular flexibility index (Phi) is 4.48. The molecule has 1 heterocycles. The van der Waals surface area contributed by atoms with E-state index >= 15 is 0 Å². The fraction of sp³-hybridized carbons (Fsp3) is 0.261. The van der Waals surface area contributed by atoms with Gasteiger partial charge in [0, 0.05) is 36.3 Å². The number of hydrogen-bond acceptors (Lipinski definition) is 3. The van der Waals surface area contributed by atoms with Crippen LogP contribution in [0, 0.1) is 11.3 Å². The van der Waals surface area contributed by atoms with Crippen LogP contribution < -0.4 is 10.5 Å². The number of rotatable bonds is 4. The lowest BCUT2D eigenvalue weighted by Gasteiger charge is -2.19. The highest BCUT2D eigenvalue weighted by molar-refractivity contribution is 6.07. The third kappa shape index (κ3) is 3.07. The molecular weight excluding hydrogens is 350 g/mol. The summed E-state index contributed by atoms with van der Waals surface area (Å²) in [6.07, 6.45) is 2.18. The van der Waals surface area contributed by atoms with Crippen LogP contribution in [-0.2, 0) is 6.54 Å². The molecule has 1 aliphatic rings. The molecule has 0 unspecified atom stereocenters. The molecule has 140 valence electrons. The van der Waals surface area contributed by atoms with E-state index in [0.717, 1.165) is 35.0 Å². The van der Waals surface area contributed by atoms with Crippen LogP contribution in [0.3, 0.4) is 0 Å². The molecule has 1 aliphatic carbocycles. The molecule has 4 rings (SSSR count). The van der Waals surface area contributed by atoms with E-state index in [4.69, 9.17) is 5.26 Å². The third-order valence-electron chi connectivity index (χ3n) is 5.41. The summed E-state index contributed by atoms with van der Waals surface area (Å²) < 4.78 is 1.75. The molecule has 0 atom stereocenters. The second-order valence-corrected chi connectivity index (χ2v) is 7.21. The maximum Gasteiger partial charge on any atom is 0.258 e. The van der Waals surface area contributed by atoms with Crippen molar-refractivity contribution in [1.29, 1.82) is 5.26 Å². The molecule has 0 spiro atoms. The van der Waals surface area contributed by atoms with Gasteiger partial charge in [0.1, 0.15) is 0 Å². The van der Waals surface area contributed by atoms with Crippen molar-refractivity contribution >= 4 is 22.5 Å². The zero-order valence-electron chi connectivity index (χ0n) is 16.0. The van der Waals surface area contributed by atoms with Crippen LogP contribution in [0.25, 0.3) is 10.9 Å². The van der Waals surface area contributed by atoms with Crippen molar-refractivity contribution in [3.63, 3.8) is 0 Å². The molecule has 1 fully saturated rings. The quantitative estimate of drug-likeness (QED) is 0.695.